The molecule has 0 saturated carbocycles. The minimum atomic E-state index is 0.0513. The van der Waals surface area contributed by atoms with Crippen molar-refractivity contribution in [1.82, 2.24) is 0 Å². The first-order chi connectivity index (χ1) is 7.02. The minimum Gasteiger partial charge on any atom is -0.385 e. The summed E-state index contributed by atoms with van der Waals surface area (Å²) in [6.45, 7) is 10.4. The minimum absolute atomic E-state index is 0.0513. The topological polar surface area (TPSA) is 18.5 Å². The van der Waals surface area contributed by atoms with Crippen LogP contribution < -0.4 is 0 Å². The van der Waals surface area contributed by atoms with E-state index in [9.17, 15) is 0 Å². The maximum atomic E-state index is 5.67. The normalized spacial score (nSPS) is 14.2. The van der Waals surface area contributed by atoms with Gasteiger partial charge in [0.05, 0.1) is 5.60 Å². The van der Waals surface area contributed by atoms with Crippen LogP contribution in [0, 0.1) is 5.92 Å². The molecule has 0 rings (SSSR count). The van der Waals surface area contributed by atoms with E-state index in [0.29, 0.717) is 0 Å². The molecular weight excluding hydrogens is 188 g/mol. The monoisotopic (exact) mass is 216 g/mol. The van der Waals surface area contributed by atoms with Crippen LogP contribution >= 0.6 is 0 Å². The first-order valence-electron chi connectivity index (χ1n) is 6.14. The van der Waals surface area contributed by atoms with Crippen LogP contribution in [-0.4, -0.2) is 25.9 Å². The van der Waals surface area contributed by atoms with Gasteiger partial charge < -0.3 is 9.47 Å². The molecule has 2 nitrogen and oxygen atoms in total. The van der Waals surface area contributed by atoms with Crippen molar-refractivity contribution in [2.24, 2.45) is 5.92 Å². The van der Waals surface area contributed by atoms with E-state index < -0.39 is 0 Å². The predicted octanol–water partition coefficient (Wildman–Crippen LogP) is 3.64. The summed E-state index contributed by atoms with van der Waals surface area (Å²) in [5, 5.41) is 0. The first-order valence-corrected chi connectivity index (χ1v) is 6.14. The molecule has 0 aliphatic rings. The van der Waals surface area contributed by atoms with Gasteiger partial charge in [0, 0.05) is 20.3 Å². The van der Waals surface area contributed by atoms with Crippen LogP contribution in [0.4, 0.5) is 0 Å². The van der Waals surface area contributed by atoms with E-state index in [1.54, 1.807) is 7.11 Å². The highest BCUT2D eigenvalue weighted by Crippen LogP contribution is 2.20. The molecule has 0 aromatic carbocycles. The van der Waals surface area contributed by atoms with Crippen molar-refractivity contribution in [3.05, 3.63) is 0 Å². The van der Waals surface area contributed by atoms with E-state index in [1.165, 1.54) is 19.3 Å². The summed E-state index contributed by atoms with van der Waals surface area (Å²) in [4.78, 5) is 0. The Kier molecular flexibility index (Phi) is 8.07. The Morgan fingerprint density at radius 1 is 1.20 bits per heavy atom. The van der Waals surface area contributed by atoms with Crippen molar-refractivity contribution in [2.75, 3.05) is 20.3 Å². The van der Waals surface area contributed by atoms with Gasteiger partial charge in [0.15, 0.2) is 0 Å². The van der Waals surface area contributed by atoms with E-state index in [4.69, 9.17) is 9.47 Å². The van der Waals surface area contributed by atoms with Crippen LogP contribution in [0.5, 0.6) is 0 Å². The molecule has 0 fully saturated rings. The Hall–Kier alpha value is -0.0800. The third-order valence-electron chi connectivity index (χ3n) is 2.83. The summed E-state index contributed by atoms with van der Waals surface area (Å²) in [5.74, 6) is 0.766. The molecule has 0 saturated heterocycles. The molecule has 0 radical (unpaired) electrons. The van der Waals surface area contributed by atoms with Gasteiger partial charge in [-0.25, -0.2) is 0 Å². The van der Waals surface area contributed by atoms with E-state index >= 15 is 0 Å². The van der Waals surface area contributed by atoms with Gasteiger partial charge in [-0.05, 0) is 39.5 Å². The highest BCUT2D eigenvalue weighted by molar-refractivity contribution is 4.68. The second-order valence-electron chi connectivity index (χ2n) is 4.97. The van der Waals surface area contributed by atoms with Crippen LogP contribution in [0.15, 0.2) is 0 Å². The van der Waals surface area contributed by atoms with Crippen LogP contribution in [-0.2, 0) is 9.47 Å². The molecule has 0 bridgehead atoms. The molecular formula is C13H28O2. The van der Waals surface area contributed by atoms with Gasteiger partial charge in [0.2, 0.25) is 0 Å². The van der Waals surface area contributed by atoms with Crippen molar-refractivity contribution < 1.29 is 9.47 Å². The zero-order valence-electron chi connectivity index (χ0n) is 11.1. The Morgan fingerprint density at radius 2 is 1.87 bits per heavy atom. The maximum absolute atomic E-state index is 5.67. The van der Waals surface area contributed by atoms with Gasteiger partial charge in [0.25, 0.3) is 0 Å². The fraction of sp³-hybridized carbons (Fsp3) is 1.00. The fourth-order valence-corrected chi connectivity index (χ4v) is 1.80. The second kappa shape index (κ2) is 8.12. The molecule has 0 heterocycles. The summed E-state index contributed by atoms with van der Waals surface area (Å²) in [7, 11) is 1.77. The number of rotatable bonds is 9. The van der Waals surface area contributed by atoms with Crippen LogP contribution in [0.25, 0.3) is 0 Å². The summed E-state index contributed by atoms with van der Waals surface area (Å²) >= 11 is 0. The highest BCUT2D eigenvalue weighted by Gasteiger charge is 2.17. The average molecular weight is 216 g/mol. The summed E-state index contributed by atoms with van der Waals surface area (Å²) < 4.78 is 10.7. The quantitative estimate of drug-likeness (QED) is 0.586. The summed E-state index contributed by atoms with van der Waals surface area (Å²) in [6, 6.07) is 0. The molecule has 0 N–H and O–H groups in total. The van der Waals surface area contributed by atoms with Crippen molar-refractivity contribution >= 4 is 0 Å². The molecule has 2 heteroatoms. The first kappa shape index (κ1) is 14.9. The lowest BCUT2D eigenvalue weighted by molar-refractivity contribution is -0.0184. The lowest BCUT2D eigenvalue weighted by Crippen LogP contribution is -2.24. The SMILES string of the molecule is CCOC(C)(C)CCCC(C)CCOC. The Morgan fingerprint density at radius 3 is 2.40 bits per heavy atom. The van der Waals surface area contributed by atoms with Gasteiger partial charge in [-0.1, -0.05) is 19.8 Å². The maximum Gasteiger partial charge on any atom is 0.0626 e. The highest BCUT2D eigenvalue weighted by atomic mass is 16.5. The lowest BCUT2D eigenvalue weighted by atomic mass is 9.95. The Balaban J connectivity index is 3.51. The van der Waals surface area contributed by atoms with Gasteiger partial charge >= 0.3 is 0 Å². The van der Waals surface area contributed by atoms with Gasteiger partial charge in [-0.15, -0.1) is 0 Å². The van der Waals surface area contributed by atoms with E-state index in [1.807, 2.05) is 0 Å². The lowest BCUT2D eigenvalue weighted by Gasteiger charge is -2.25. The molecule has 1 atom stereocenters. The fourth-order valence-electron chi connectivity index (χ4n) is 1.80. The average Bonchev–Trinajstić information content (AvgIpc) is 2.14. The zero-order chi connectivity index (χ0) is 11.7. The Labute approximate surface area is 95.3 Å². The van der Waals surface area contributed by atoms with E-state index in [2.05, 4.69) is 27.7 Å². The number of methoxy groups -OCH3 is 1. The Bertz CT molecular complexity index is 143. The van der Waals surface area contributed by atoms with Crippen LogP contribution in [0.3, 0.4) is 0 Å². The molecule has 0 aliphatic heterocycles. The third kappa shape index (κ3) is 8.88. The molecule has 0 aliphatic carbocycles. The number of ether oxygens (including phenoxy) is 2. The third-order valence-corrected chi connectivity index (χ3v) is 2.83. The smallest absolute Gasteiger partial charge is 0.0626 e. The van der Waals surface area contributed by atoms with Gasteiger partial charge in [0.1, 0.15) is 0 Å². The molecule has 0 spiro atoms. The molecule has 15 heavy (non-hydrogen) atoms. The van der Waals surface area contributed by atoms with Crippen LogP contribution in [0.2, 0.25) is 0 Å². The molecule has 0 aromatic rings. The van der Waals surface area contributed by atoms with Crippen molar-refractivity contribution in [3.8, 4) is 0 Å². The molecule has 0 amide bonds. The van der Waals surface area contributed by atoms with Crippen molar-refractivity contribution in [2.45, 2.75) is 59.0 Å². The molecule has 1 unspecified atom stereocenters. The van der Waals surface area contributed by atoms with Gasteiger partial charge in [-0.3, -0.25) is 0 Å². The summed E-state index contributed by atoms with van der Waals surface area (Å²) in [5.41, 5.74) is 0.0513. The summed E-state index contributed by atoms with van der Waals surface area (Å²) in [6.07, 6.45) is 4.85. The van der Waals surface area contributed by atoms with Crippen molar-refractivity contribution in [3.63, 3.8) is 0 Å². The largest absolute Gasteiger partial charge is 0.385 e. The van der Waals surface area contributed by atoms with Crippen molar-refractivity contribution in [1.29, 1.82) is 0 Å². The zero-order valence-corrected chi connectivity index (χ0v) is 11.1. The number of hydrogen-bond acceptors (Lipinski definition) is 2. The van der Waals surface area contributed by atoms with Gasteiger partial charge in [-0.2, -0.15) is 0 Å². The molecule has 0 aromatic heterocycles. The second-order valence-corrected chi connectivity index (χ2v) is 4.97. The standard InChI is InChI=1S/C13H28O2/c1-6-15-13(3,4)10-7-8-12(2)9-11-14-5/h12H,6-11H2,1-5H3. The van der Waals surface area contributed by atoms with Crippen LogP contribution in [0.1, 0.15) is 53.4 Å². The van der Waals surface area contributed by atoms with E-state index in [0.717, 1.165) is 25.6 Å². The van der Waals surface area contributed by atoms with E-state index in [-0.39, 0.29) is 5.60 Å². The number of hydrogen-bond donors (Lipinski definition) is 0. The predicted molar refractivity (Wildman–Crippen MR) is 65.2 cm³/mol. The molecule has 92 valence electrons.